The topological polar surface area (TPSA) is 77.2 Å². The predicted molar refractivity (Wildman–Crippen MR) is 107 cm³/mol. The summed E-state index contributed by atoms with van der Waals surface area (Å²) in [6, 6.07) is 12.5. The van der Waals surface area contributed by atoms with E-state index in [1.54, 1.807) is 30.3 Å². The Morgan fingerprint density at radius 3 is 2.71 bits per heavy atom. The van der Waals surface area contributed by atoms with Crippen LogP contribution in [0, 0.1) is 6.92 Å². The van der Waals surface area contributed by atoms with Gasteiger partial charge in [0.15, 0.2) is 6.10 Å². The molecule has 1 atom stereocenters. The number of ether oxygens (including phenoxy) is 1. The maximum absolute atomic E-state index is 12.5. The summed E-state index contributed by atoms with van der Waals surface area (Å²) in [6.07, 6.45) is -0.145. The highest BCUT2D eigenvalue weighted by molar-refractivity contribution is 6.33. The Morgan fingerprint density at radius 1 is 1.21 bits per heavy atom. The highest BCUT2D eigenvalue weighted by atomic mass is 35.5. The van der Waals surface area contributed by atoms with Crippen molar-refractivity contribution in [2.75, 3.05) is 0 Å². The third-order valence-electron chi connectivity index (χ3n) is 4.07. The molecule has 0 aliphatic heterocycles. The molecule has 3 rings (SSSR count). The average molecular weight is 420 g/mol. The Kier molecular flexibility index (Phi) is 6.54. The summed E-state index contributed by atoms with van der Waals surface area (Å²) < 4.78 is 11.0. The van der Waals surface area contributed by atoms with Crippen molar-refractivity contribution in [1.82, 2.24) is 15.5 Å². The van der Waals surface area contributed by atoms with E-state index in [1.807, 2.05) is 26.0 Å². The summed E-state index contributed by atoms with van der Waals surface area (Å²) in [4.78, 5) is 16.7. The molecule has 0 saturated heterocycles. The quantitative estimate of drug-likeness (QED) is 0.593. The summed E-state index contributed by atoms with van der Waals surface area (Å²) in [5.74, 6) is 0.963. The first kappa shape index (κ1) is 20.2. The van der Waals surface area contributed by atoms with Gasteiger partial charge in [-0.15, -0.1) is 0 Å². The fraction of sp³-hybridized carbons (Fsp3) is 0.250. The molecule has 8 heteroatoms. The van der Waals surface area contributed by atoms with Gasteiger partial charge in [-0.05, 0) is 49.2 Å². The standard InChI is InChI=1S/C20H19Cl2N3O3/c1-3-17(27-13-8-9-15(21)12(2)10-13)20(26)23-11-18-24-19(25-28-18)14-6-4-5-7-16(14)22/h4-10,17H,3,11H2,1-2H3,(H,23,26)/t17-/m1/s1. The van der Waals surface area contributed by atoms with Gasteiger partial charge in [-0.3, -0.25) is 4.79 Å². The third kappa shape index (κ3) is 4.82. The number of nitrogens with one attached hydrogen (secondary N) is 1. The number of hydrogen-bond donors (Lipinski definition) is 1. The molecular weight excluding hydrogens is 401 g/mol. The van der Waals surface area contributed by atoms with E-state index < -0.39 is 6.10 Å². The second-order valence-corrected chi connectivity index (χ2v) is 6.95. The number of carbonyl (C=O) groups is 1. The lowest BCUT2D eigenvalue weighted by Crippen LogP contribution is -2.37. The van der Waals surface area contributed by atoms with Crippen LogP contribution in [0.2, 0.25) is 10.0 Å². The van der Waals surface area contributed by atoms with Crippen LogP contribution in [0.4, 0.5) is 0 Å². The summed E-state index contributed by atoms with van der Waals surface area (Å²) in [7, 11) is 0. The lowest BCUT2D eigenvalue weighted by Gasteiger charge is -2.17. The molecule has 0 spiro atoms. The Bertz CT molecular complexity index is 975. The maximum atomic E-state index is 12.5. The second kappa shape index (κ2) is 9.08. The van der Waals surface area contributed by atoms with Gasteiger partial charge in [-0.1, -0.05) is 47.4 Å². The molecule has 0 fully saturated rings. The Morgan fingerprint density at radius 2 is 2.00 bits per heavy atom. The van der Waals surface area contributed by atoms with Gasteiger partial charge in [0.2, 0.25) is 11.7 Å². The minimum Gasteiger partial charge on any atom is -0.481 e. The second-order valence-electron chi connectivity index (χ2n) is 6.14. The molecule has 0 saturated carbocycles. The number of benzene rings is 2. The zero-order valence-corrected chi connectivity index (χ0v) is 16.9. The number of hydrogen-bond acceptors (Lipinski definition) is 5. The van der Waals surface area contributed by atoms with Gasteiger partial charge in [0, 0.05) is 10.6 Å². The van der Waals surface area contributed by atoms with Crippen LogP contribution in [-0.2, 0) is 11.3 Å². The van der Waals surface area contributed by atoms with E-state index in [0.29, 0.717) is 33.6 Å². The zero-order chi connectivity index (χ0) is 20.1. The van der Waals surface area contributed by atoms with E-state index >= 15 is 0 Å². The summed E-state index contributed by atoms with van der Waals surface area (Å²) >= 11 is 12.2. The molecule has 0 unspecified atom stereocenters. The van der Waals surface area contributed by atoms with Crippen LogP contribution in [0.15, 0.2) is 47.0 Å². The number of nitrogens with zero attached hydrogens (tertiary/aromatic N) is 2. The van der Waals surface area contributed by atoms with Crippen molar-refractivity contribution in [3.63, 3.8) is 0 Å². The van der Waals surface area contributed by atoms with Crippen molar-refractivity contribution in [2.45, 2.75) is 32.9 Å². The molecule has 6 nitrogen and oxygen atoms in total. The maximum Gasteiger partial charge on any atom is 0.261 e. The minimum absolute atomic E-state index is 0.0930. The van der Waals surface area contributed by atoms with E-state index in [-0.39, 0.29) is 18.3 Å². The molecular formula is C20H19Cl2N3O3. The smallest absolute Gasteiger partial charge is 0.261 e. The molecule has 0 radical (unpaired) electrons. The van der Waals surface area contributed by atoms with Crippen LogP contribution in [0.1, 0.15) is 24.8 Å². The van der Waals surface area contributed by atoms with Crippen LogP contribution in [0.3, 0.4) is 0 Å². The largest absolute Gasteiger partial charge is 0.481 e. The van der Waals surface area contributed by atoms with Gasteiger partial charge in [0.05, 0.1) is 11.6 Å². The third-order valence-corrected chi connectivity index (χ3v) is 4.82. The number of rotatable bonds is 7. The molecule has 0 aliphatic rings. The minimum atomic E-state index is -0.647. The Balaban J connectivity index is 1.61. The predicted octanol–water partition coefficient (Wildman–Crippen LogP) is 4.83. The van der Waals surface area contributed by atoms with Gasteiger partial charge in [-0.25, -0.2) is 0 Å². The molecule has 3 aromatic rings. The number of aryl methyl sites for hydroxylation is 1. The van der Waals surface area contributed by atoms with Gasteiger partial charge in [0.25, 0.3) is 5.91 Å². The molecule has 1 aromatic heterocycles. The Hall–Kier alpha value is -2.57. The van der Waals surface area contributed by atoms with E-state index in [4.69, 9.17) is 32.5 Å². The van der Waals surface area contributed by atoms with Crippen molar-refractivity contribution in [3.8, 4) is 17.1 Å². The number of amides is 1. The summed E-state index contributed by atoms with van der Waals surface area (Å²) in [6.45, 7) is 3.84. The SMILES string of the molecule is CC[C@@H](Oc1ccc(Cl)c(C)c1)C(=O)NCc1nc(-c2ccccc2Cl)no1. The molecule has 1 amide bonds. The highest BCUT2D eigenvalue weighted by Gasteiger charge is 2.20. The van der Waals surface area contributed by atoms with Crippen molar-refractivity contribution in [3.05, 3.63) is 64.0 Å². The molecule has 1 heterocycles. The monoisotopic (exact) mass is 419 g/mol. The fourth-order valence-corrected chi connectivity index (χ4v) is 2.87. The zero-order valence-electron chi connectivity index (χ0n) is 15.4. The van der Waals surface area contributed by atoms with Crippen molar-refractivity contribution in [1.29, 1.82) is 0 Å². The highest BCUT2D eigenvalue weighted by Crippen LogP contribution is 2.25. The van der Waals surface area contributed by atoms with Gasteiger partial charge >= 0.3 is 0 Å². The first-order valence-electron chi connectivity index (χ1n) is 8.76. The first-order chi connectivity index (χ1) is 13.5. The van der Waals surface area contributed by atoms with E-state index in [0.717, 1.165) is 5.56 Å². The van der Waals surface area contributed by atoms with E-state index in [9.17, 15) is 4.79 Å². The normalized spacial score (nSPS) is 11.9. The Labute approximate surface area is 172 Å². The fourth-order valence-electron chi connectivity index (χ4n) is 2.53. The number of aromatic nitrogens is 2. The molecule has 2 aromatic carbocycles. The van der Waals surface area contributed by atoms with Crippen LogP contribution < -0.4 is 10.1 Å². The molecule has 0 aliphatic carbocycles. The lowest BCUT2D eigenvalue weighted by atomic mass is 10.2. The van der Waals surface area contributed by atoms with E-state index in [1.165, 1.54) is 0 Å². The van der Waals surface area contributed by atoms with Crippen LogP contribution >= 0.6 is 23.2 Å². The van der Waals surface area contributed by atoms with Gasteiger partial charge < -0.3 is 14.6 Å². The van der Waals surface area contributed by atoms with Gasteiger partial charge in [0.1, 0.15) is 5.75 Å². The van der Waals surface area contributed by atoms with Crippen LogP contribution in [-0.4, -0.2) is 22.2 Å². The van der Waals surface area contributed by atoms with Crippen molar-refractivity contribution < 1.29 is 14.1 Å². The summed E-state index contributed by atoms with van der Waals surface area (Å²) in [5.41, 5.74) is 1.55. The van der Waals surface area contributed by atoms with Gasteiger partial charge in [-0.2, -0.15) is 4.98 Å². The molecule has 1 N–H and O–H groups in total. The number of carbonyl (C=O) groups excluding carboxylic acids is 1. The molecule has 146 valence electrons. The summed E-state index contributed by atoms with van der Waals surface area (Å²) in [5, 5.41) is 7.84. The van der Waals surface area contributed by atoms with Crippen molar-refractivity contribution >= 4 is 29.1 Å². The van der Waals surface area contributed by atoms with Crippen LogP contribution in [0.5, 0.6) is 5.75 Å². The van der Waals surface area contributed by atoms with Crippen molar-refractivity contribution in [2.24, 2.45) is 0 Å². The van der Waals surface area contributed by atoms with E-state index in [2.05, 4.69) is 15.5 Å². The molecule has 28 heavy (non-hydrogen) atoms. The number of halogens is 2. The van der Waals surface area contributed by atoms with Crippen LogP contribution in [0.25, 0.3) is 11.4 Å². The molecule has 0 bridgehead atoms. The first-order valence-corrected chi connectivity index (χ1v) is 9.51. The average Bonchev–Trinajstić information content (AvgIpc) is 3.16. The lowest BCUT2D eigenvalue weighted by molar-refractivity contribution is -0.128.